The van der Waals surface area contributed by atoms with E-state index in [1.807, 2.05) is 0 Å². The first-order chi connectivity index (χ1) is 9.08. The summed E-state index contributed by atoms with van der Waals surface area (Å²) in [5.41, 5.74) is 3.02. The third-order valence-electron chi connectivity index (χ3n) is 2.28. The van der Waals surface area contributed by atoms with Crippen molar-refractivity contribution in [2.75, 3.05) is 10.7 Å². The van der Waals surface area contributed by atoms with Crippen LogP contribution in [0.1, 0.15) is 10.5 Å². The number of benzene rings is 1. The molecule has 2 rings (SSSR count). The quantitative estimate of drug-likeness (QED) is 0.584. The summed E-state index contributed by atoms with van der Waals surface area (Å²) in [6, 6.07) is 5.72. The maximum absolute atomic E-state index is 13.0. The molecule has 1 aromatic heterocycles. The summed E-state index contributed by atoms with van der Waals surface area (Å²) < 4.78 is 25.9. The van der Waals surface area contributed by atoms with Gasteiger partial charge in [0.25, 0.3) is 5.91 Å². The van der Waals surface area contributed by atoms with Gasteiger partial charge in [0.05, 0.1) is 11.9 Å². The second kappa shape index (κ2) is 5.40. The molecule has 0 saturated carbocycles. The molecule has 1 heterocycles. The lowest BCUT2D eigenvalue weighted by Gasteiger charge is -2.06. The maximum atomic E-state index is 13.0. The van der Waals surface area contributed by atoms with Crippen LogP contribution in [0, 0.1) is 11.6 Å². The summed E-state index contributed by atoms with van der Waals surface area (Å²) in [7, 11) is 0. The second-order valence-electron chi connectivity index (χ2n) is 3.69. The van der Waals surface area contributed by atoms with Gasteiger partial charge < -0.3 is 10.7 Å². The van der Waals surface area contributed by atoms with Gasteiger partial charge in [-0.2, -0.15) is 0 Å². The van der Waals surface area contributed by atoms with Crippen molar-refractivity contribution in [1.82, 2.24) is 4.98 Å². The molecule has 0 fully saturated rings. The van der Waals surface area contributed by atoms with Crippen molar-refractivity contribution in [3.63, 3.8) is 0 Å². The molecule has 0 bridgehead atoms. The minimum Gasteiger partial charge on any atom is -0.323 e. The lowest BCUT2D eigenvalue weighted by atomic mass is 10.2. The number of carbonyl (C=O) groups excluding carboxylic acids is 1. The molecule has 0 aliphatic heterocycles. The van der Waals surface area contributed by atoms with Crippen LogP contribution in [0.5, 0.6) is 0 Å². The first kappa shape index (κ1) is 12.9. The summed E-state index contributed by atoms with van der Waals surface area (Å²) in [6.45, 7) is 0. The minimum absolute atomic E-state index is 0.0188. The Morgan fingerprint density at radius 3 is 2.32 bits per heavy atom. The molecule has 1 amide bonds. The van der Waals surface area contributed by atoms with Crippen LogP contribution in [0.4, 0.5) is 20.2 Å². The third kappa shape index (κ3) is 3.23. The molecule has 0 aliphatic rings. The Morgan fingerprint density at radius 1 is 1.11 bits per heavy atom. The Labute approximate surface area is 107 Å². The first-order valence-electron chi connectivity index (χ1n) is 5.28. The summed E-state index contributed by atoms with van der Waals surface area (Å²) >= 11 is 0. The molecule has 1 aromatic carbocycles. The Bertz CT molecular complexity index is 581. The average Bonchev–Trinajstić information content (AvgIpc) is 2.37. The number of nitrogens with one attached hydrogen (secondary N) is 2. The molecule has 98 valence electrons. The van der Waals surface area contributed by atoms with E-state index in [1.54, 1.807) is 6.07 Å². The van der Waals surface area contributed by atoms with E-state index in [0.717, 1.165) is 18.2 Å². The second-order valence-corrected chi connectivity index (χ2v) is 3.69. The largest absolute Gasteiger partial charge is 0.323 e. The summed E-state index contributed by atoms with van der Waals surface area (Å²) in [5.74, 6) is 3.04. The number of anilines is 2. The fourth-order valence-corrected chi connectivity index (χ4v) is 1.43. The molecule has 0 atom stereocenters. The molecular weight excluding hydrogens is 254 g/mol. The lowest BCUT2D eigenvalue weighted by molar-refractivity contribution is 0.102. The highest BCUT2D eigenvalue weighted by atomic mass is 19.1. The van der Waals surface area contributed by atoms with Gasteiger partial charge >= 0.3 is 0 Å². The van der Waals surface area contributed by atoms with Gasteiger partial charge in [0.1, 0.15) is 17.3 Å². The smallest absolute Gasteiger partial charge is 0.274 e. The van der Waals surface area contributed by atoms with Crippen LogP contribution in [0.25, 0.3) is 0 Å². The standard InChI is InChI=1S/C12H10F2N4O/c13-7-3-8(14)5-10(4-7)17-12(19)11-2-1-9(18-15)6-16-11/h1-6,18H,15H2,(H,17,19). The van der Waals surface area contributed by atoms with E-state index in [-0.39, 0.29) is 11.4 Å². The summed E-state index contributed by atoms with van der Waals surface area (Å²) in [6.07, 6.45) is 1.36. The van der Waals surface area contributed by atoms with Gasteiger partial charge in [0, 0.05) is 11.8 Å². The molecule has 4 N–H and O–H groups in total. The lowest BCUT2D eigenvalue weighted by Crippen LogP contribution is -2.14. The van der Waals surface area contributed by atoms with Crippen LogP contribution < -0.4 is 16.6 Å². The third-order valence-corrected chi connectivity index (χ3v) is 2.28. The molecule has 0 spiro atoms. The van der Waals surface area contributed by atoms with Crippen molar-refractivity contribution in [3.05, 3.63) is 53.9 Å². The van der Waals surface area contributed by atoms with Gasteiger partial charge in [0.15, 0.2) is 0 Å². The average molecular weight is 264 g/mol. The van der Waals surface area contributed by atoms with Crippen LogP contribution in [0.15, 0.2) is 36.5 Å². The molecule has 0 saturated heterocycles. The Morgan fingerprint density at radius 2 is 1.79 bits per heavy atom. The number of hydrazine groups is 1. The zero-order chi connectivity index (χ0) is 13.8. The van der Waals surface area contributed by atoms with Crippen molar-refractivity contribution >= 4 is 17.3 Å². The number of aromatic nitrogens is 1. The predicted octanol–water partition coefficient (Wildman–Crippen LogP) is 1.90. The molecule has 0 radical (unpaired) electrons. The van der Waals surface area contributed by atoms with Gasteiger partial charge in [-0.25, -0.2) is 13.8 Å². The summed E-state index contributed by atoms with van der Waals surface area (Å²) in [5, 5.41) is 2.34. The van der Waals surface area contributed by atoms with Crippen LogP contribution in [-0.4, -0.2) is 10.9 Å². The van der Waals surface area contributed by atoms with Gasteiger partial charge in [0.2, 0.25) is 0 Å². The maximum Gasteiger partial charge on any atom is 0.274 e. The van der Waals surface area contributed by atoms with Crippen LogP contribution in [0.2, 0.25) is 0 Å². The summed E-state index contributed by atoms with van der Waals surface area (Å²) in [4.78, 5) is 15.6. The van der Waals surface area contributed by atoms with E-state index < -0.39 is 17.5 Å². The zero-order valence-corrected chi connectivity index (χ0v) is 9.65. The van der Waals surface area contributed by atoms with E-state index in [9.17, 15) is 13.6 Å². The van der Waals surface area contributed by atoms with Crippen molar-refractivity contribution in [2.24, 2.45) is 5.84 Å². The van der Waals surface area contributed by atoms with E-state index in [4.69, 9.17) is 5.84 Å². The number of nitrogen functional groups attached to an aromatic ring is 1. The predicted molar refractivity (Wildman–Crippen MR) is 66.4 cm³/mol. The number of halogens is 2. The SMILES string of the molecule is NNc1ccc(C(=O)Nc2cc(F)cc(F)c2)nc1. The van der Waals surface area contributed by atoms with Crippen molar-refractivity contribution in [1.29, 1.82) is 0 Å². The normalized spacial score (nSPS) is 10.1. The molecule has 2 aromatic rings. The molecule has 0 unspecified atom stereocenters. The highest BCUT2D eigenvalue weighted by molar-refractivity contribution is 6.02. The van der Waals surface area contributed by atoms with E-state index in [2.05, 4.69) is 15.7 Å². The number of hydrogen-bond acceptors (Lipinski definition) is 4. The molecule has 5 nitrogen and oxygen atoms in total. The van der Waals surface area contributed by atoms with Gasteiger partial charge in [-0.05, 0) is 24.3 Å². The first-order valence-corrected chi connectivity index (χ1v) is 5.28. The number of hydrogen-bond donors (Lipinski definition) is 3. The van der Waals surface area contributed by atoms with Crippen LogP contribution in [-0.2, 0) is 0 Å². The van der Waals surface area contributed by atoms with E-state index in [0.29, 0.717) is 5.69 Å². The van der Waals surface area contributed by atoms with Crippen LogP contribution in [0.3, 0.4) is 0 Å². The Balaban J connectivity index is 2.15. The van der Waals surface area contributed by atoms with Gasteiger partial charge in [-0.1, -0.05) is 0 Å². The Hall–Kier alpha value is -2.54. The topological polar surface area (TPSA) is 80.0 Å². The monoisotopic (exact) mass is 264 g/mol. The number of carbonyl (C=O) groups is 1. The van der Waals surface area contributed by atoms with Crippen molar-refractivity contribution in [2.45, 2.75) is 0 Å². The number of nitrogens with zero attached hydrogens (tertiary/aromatic N) is 1. The fraction of sp³-hybridized carbons (Fsp3) is 0. The highest BCUT2D eigenvalue weighted by Gasteiger charge is 2.09. The number of pyridine rings is 1. The van der Waals surface area contributed by atoms with E-state index in [1.165, 1.54) is 12.3 Å². The molecule has 19 heavy (non-hydrogen) atoms. The highest BCUT2D eigenvalue weighted by Crippen LogP contribution is 2.14. The minimum atomic E-state index is -0.772. The molecular formula is C12H10F2N4O. The van der Waals surface area contributed by atoms with Gasteiger partial charge in [-0.15, -0.1) is 0 Å². The zero-order valence-electron chi connectivity index (χ0n) is 9.65. The van der Waals surface area contributed by atoms with Crippen molar-refractivity contribution in [3.8, 4) is 0 Å². The van der Waals surface area contributed by atoms with E-state index >= 15 is 0 Å². The Kier molecular flexibility index (Phi) is 3.67. The van der Waals surface area contributed by atoms with Crippen LogP contribution >= 0.6 is 0 Å². The number of rotatable bonds is 3. The van der Waals surface area contributed by atoms with Crippen molar-refractivity contribution < 1.29 is 13.6 Å². The number of nitrogens with two attached hydrogens (primary N) is 1. The number of amides is 1. The molecule has 0 aliphatic carbocycles. The molecule has 7 heteroatoms. The fourth-order valence-electron chi connectivity index (χ4n) is 1.43. The van der Waals surface area contributed by atoms with Gasteiger partial charge in [-0.3, -0.25) is 10.6 Å².